The molecule has 0 atom stereocenters. The average Bonchev–Trinajstić information content (AvgIpc) is 3.30. The molecule has 3 rings (SSSR count). The van der Waals surface area contributed by atoms with Crippen LogP contribution in [0.25, 0.3) is 0 Å². The number of benzene rings is 1. The van der Waals surface area contributed by atoms with Gasteiger partial charge in [-0.2, -0.15) is 0 Å². The summed E-state index contributed by atoms with van der Waals surface area (Å²) in [6.45, 7) is 0. The monoisotopic (exact) mass is 461 g/mol. The minimum atomic E-state index is -0.0826. The van der Waals surface area contributed by atoms with E-state index < -0.39 is 0 Å². The summed E-state index contributed by atoms with van der Waals surface area (Å²) < 4.78 is 11.7. The molecule has 2 fully saturated rings. The van der Waals surface area contributed by atoms with Gasteiger partial charge in [-0.15, -0.1) is 0 Å². The molecule has 0 saturated heterocycles. The Morgan fingerprint density at radius 1 is 1.00 bits per heavy atom. The number of hydrogen-bond acceptors (Lipinski definition) is 2. The molecule has 24 heavy (non-hydrogen) atoms. The maximum atomic E-state index is 5.72. The van der Waals surface area contributed by atoms with Gasteiger partial charge in [-0.3, -0.25) is 0 Å². The molecule has 0 aromatic heterocycles. The molecule has 0 radical (unpaired) electrons. The minimum absolute atomic E-state index is 0.0826. The van der Waals surface area contributed by atoms with Crippen LogP contribution >= 0.6 is 19.5 Å². The molecule has 1 aromatic rings. The quantitative estimate of drug-likeness (QED) is 0.330. The van der Waals surface area contributed by atoms with Crippen molar-refractivity contribution < 1.29 is 28.7 Å². The SMILES string of the molecule is COc1ccc(P(C2CCCC2)C2CCCC2)c(OC)c1.Cl[CH2][Pd]. The Labute approximate surface area is 164 Å². The molecule has 2 saturated carbocycles. The van der Waals surface area contributed by atoms with Gasteiger partial charge in [0.25, 0.3) is 0 Å². The van der Waals surface area contributed by atoms with Crippen molar-refractivity contribution in [2.75, 3.05) is 18.6 Å². The molecule has 0 amide bonds. The average molecular weight is 462 g/mol. The molecule has 2 nitrogen and oxygen atoms in total. The summed E-state index contributed by atoms with van der Waals surface area (Å²) in [6, 6.07) is 6.49. The predicted molar refractivity (Wildman–Crippen MR) is 101 cm³/mol. The van der Waals surface area contributed by atoms with Gasteiger partial charge in [0.15, 0.2) is 0 Å². The Morgan fingerprint density at radius 2 is 1.50 bits per heavy atom. The van der Waals surface area contributed by atoms with E-state index in [1.165, 1.54) is 56.7 Å². The molecular weight excluding hydrogens is 433 g/mol. The standard InChI is InChI=1S/C18H27O2P.CH2Cl.Pd/c1-19-14-11-12-18(17(13-14)20-2)21(15-7-3-4-8-15)16-9-5-6-10-16;1-2;/h11-13,15-16H,3-10H2,1-2H3;1H2;. The molecule has 2 aliphatic carbocycles. The van der Waals surface area contributed by atoms with Crippen molar-refractivity contribution in [3.05, 3.63) is 18.2 Å². The van der Waals surface area contributed by atoms with E-state index in [9.17, 15) is 0 Å². The van der Waals surface area contributed by atoms with E-state index in [0.29, 0.717) is 4.35 Å². The van der Waals surface area contributed by atoms with Crippen LogP contribution < -0.4 is 14.8 Å². The van der Waals surface area contributed by atoms with Crippen molar-refractivity contribution in [3.63, 3.8) is 0 Å². The van der Waals surface area contributed by atoms with Crippen LogP contribution in [0.1, 0.15) is 51.4 Å². The Kier molecular flexibility index (Phi) is 9.43. The molecule has 0 aliphatic heterocycles. The fourth-order valence-electron chi connectivity index (χ4n) is 4.05. The number of alkyl halides is 1. The fourth-order valence-corrected chi connectivity index (χ4v) is 7.94. The maximum absolute atomic E-state index is 5.72. The first-order valence-electron chi connectivity index (χ1n) is 8.83. The first-order valence-corrected chi connectivity index (χ1v) is 11.9. The molecule has 0 N–H and O–H groups in total. The zero-order valence-electron chi connectivity index (χ0n) is 14.7. The summed E-state index contributed by atoms with van der Waals surface area (Å²) in [7, 11) is 3.45. The first-order chi connectivity index (χ1) is 11.7. The summed E-state index contributed by atoms with van der Waals surface area (Å²) in [4.78, 5) is 0. The van der Waals surface area contributed by atoms with Gasteiger partial charge in [0, 0.05) is 11.4 Å². The van der Waals surface area contributed by atoms with Crippen LogP contribution in [0.5, 0.6) is 11.5 Å². The fraction of sp³-hybridized carbons (Fsp3) is 0.684. The van der Waals surface area contributed by atoms with Crippen molar-refractivity contribution in [1.29, 1.82) is 0 Å². The topological polar surface area (TPSA) is 18.5 Å². The van der Waals surface area contributed by atoms with Crippen molar-refractivity contribution in [1.82, 2.24) is 0 Å². The van der Waals surface area contributed by atoms with Crippen LogP contribution in [-0.2, 0) is 19.2 Å². The third-order valence-corrected chi connectivity index (χ3v) is 8.63. The summed E-state index contributed by atoms with van der Waals surface area (Å²) in [5.74, 6) is 1.96. The summed E-state index contributed by atoms with van der Waals surface area (Å²) in [5, 5.41) is 1.49. The van der Waals surface area contributed by atoms with Gasteiger partial charge in [-0.1, -0.05) is 33.6 Å². The van der Waals surface area contributed by atoms with E-state index >= 15 is 0 Å². The number of rotatable bonds is 5. The second kappa shape index (κ2) is 11.0. The second-order valence-corrected chi connectivity index (χ2v) is 10.6. The third-order valence-electron chi connectivity index (χ3n) is 5.10. The molecule has 0 bridgehead atoms. The van der Waals surface area contributed by atoms with Crippen LogP contribution in [0.4, 0.5) is 0 Å². The Bertz CT molecular complexity index is 472. The molecule has 1 aromatic carbocycles. The van der Waals surface area contributed by atoms with Gasteiger partial charge in [-0.25, -0.2) is 0 Å². The van der Waals surface area contributed by atoms with E-state index in [1.54, 1.807) is 14.2 Å². The van der Waals surface area contributed by atoms with Gasteiger partial charge in [0.05, 0.1) is 14.2 Å². The zero-order valence-corrected chi connectivity index (χ0v) is 17.9. The Balaban J connectivity index is 0.000000647. The Hall–Kier alpha value is 0.202. The van der Waals surface area contributed by atoms with Crippen molar-refractivity contribution >= 4 is 24.8 Å². The van der Waals surface area contributed by atoms with Gasteiger partial charge in [0.2, 0.25) is 0 Å². The Morgan fingerprint density at radius 3 is 1.92 bits per heavy atom. The summed E-state index contributed by atoms with van der Waals surface area (Å²) >= 11 is 7.64. The molecular formula is C19H29ClO2PPd. The van der Waals surface area contributed by atoms with Gasteiger partial charge >= 0.3 is 35.2 Å². The number of halogens is 1. The van der Waals surface area contributed by atoms with Crippen LogP contribution in [0.15, 0.2) is 18.2 Å². The second-order valence-electron chi connectivity index (χ2n) is 6.41. The van der Waals surface area contributed by atoms with Gasteiger partial charge < -0.3 is 9.47 Å². The van der Waals surface area contributed by atoms with Gasteiger partial charge in [0.1, 0.15) is 11.5 Å². The van der Waals surface area contributed by atoms with Crippen LogP contribution in [0.2, 0.25) is 0 Å². The van der Waals surface area contributed by atoms with Crippen molar-refractivity contribution in [2.45, 2.75) is 62.7 Å². The molecule has 0 heterocycles. The van der Waals surface area contributed by atoms with Crippen LogP contribution in [0.3, 0.4) is 0 Å². The summed E-state index contributed by atoms with van der Waals surface area (Å²) in [5.41, 5.74) is 1.84. The van der Waals surface area contributed by atoms with E-state index in [2.05, 4.69) is 37.4 Å². The molecule has 0 unspecified atom stereocenters. The van der Waals surface area contributed by atoms with E-state index in [4.69, 9.17) is 21.1 Å². The van der Waals surface area contributed by atoms with Gasteiger partial charge in [-0.05, 0) is 49.1 Å². The number of ether oxygens (including phenoxy) is 2. The number of hydrogen-bond donors (Lipinski definition) is 0. The zero-order chi connectivity index (χ0) is 17.4. The third kappa shape index (κ3) is 5.35. The predicted octanol–water partition coefficient (Wildman–Crippen LogP) is 5.43. The van der Waals surface area contributed by atoms with E-state index in [-0.39, 0.29) is 7.92 Å². The normalized spacial score (nSPS) is 18.6. The summed E-state index contributed by atoms with van der Waals surface area (Å²) in [6.07, 6.45) is 11.4. The first kappa shape index (κ1) is 20.5. The van der Waals surface area contributed by atoms with E-state index in [1.807, 2.05) is 0 Å². The molecule has 139 valence electrons. The van der Waals surface area contributed by atoms with Crippen molar-refractivity contribution in [2.24, 2.45) is 0 Å². The van der Waals surface area contributed by atoms with Crippen molar-refractivity contribution in [3.8, 4) is 11.5 Å². The van der Waals surface area contributed by atoms with Crippen LogP contribution in [0, 0.1) is 0 Å². The molecule has 5 heteroatoms. The van der Waals surface area contributed by atoms with E-state index in [0.717, 1.165) is 22.8 Å². The van der Waals surface area contributed by atoms with Crippen LogP contribution in [-0.4, -0.2) is 29.9 Å². The number of methoxy groups -OCH3 is 2. The molecule has 2 aliphatic rings. The molecule has 0 spiro atoms.